The Bertz CT molecular complexity index is 1020. The SMILES string of the molecule is Cc1ccc(N(CCC(=O)N2CCOCC2)S(=O)(=O)c2cccc(C(F)(F)F)c2)cc1. The lowest BCUT2D eigenvalue weighted by atomic mass is 10.2. The molecule has 31 heavy (non-hydrogen) atoms. The summed E-state index contributed by atoms with van der Waals surface area (Å²) in [6.45, 7) is 3.30. The molecule has 0 aromatic heterocycles. The molecule has 0 aliphatic carbocycles. The maximum absolute atomic E-state index is 13.3. The lowest BCUT2D eigenvalue weighted by molar-refractivity contribution is -0.137. The Kier molecular flexibility index (Phi) is 6.90. The number of ether oxygens (including phenoxy) is 1. The van der Waals surface area contributed by atoms with E-state index in [1.807, 2.05) is 6.92 Å². The number of benzene rings is 2. The third-order valence-electron chi connectivity index (χ3n) is 4.96. The molecule has 168 valence electrons. The molecule has 0 spiro atoms. The number of aryl methyl sites for hydroxylation is 1. The van der Waals surface area contributed by atoms with Gasteiger partial charge in [-0.3, -0.25) is 9.10 Å². The molecular weight excluding hydrogens is 433 g/mol. The van der Waals surface area contributed by atoms with Crippen molar-refractivity contribution in [2.24, 2.45) is 0 Å². The van der Waals surface area contributed by atoms with E-state index in [1.54, 1.807) is 29.2 Å². The van der Waals surface area contributed by atoms with Crippen molar-refractivity contribution in [3.63, 3.8) is 0 Å². The predicted octanol–water partition coefficient (Wildman–Crippen LogP) is 3.46. The van der Waals surface area contributed by atoms with Crippen molar-refractivity contribution in [1.29, 1.82) is 0 Å². The highest BCUT2D eigenvalue weighted by Gasteiger charge is 2.33. The summed E-state index contributed by atoms with van der Waals surface area (Å²) in [4.78, 5) is 13.6. The molecule has 0 unspecified atom stereocenters. The van der Waals surface area contributed by atoms with Gasteiger partial charge in [-0.15, -0.1) is 0 Å². The molecule has 2 aromatic carbocycles. The van der Waals surface area contributed by atoms with Gasteiger partial charge in [0, 0.05) is 26.1 Å². The van der Waals surface area contributed by atoms with Crippen LogP contribution in [0, 0.1) is 6.92 Å². The fraction of sp³-hybridized carbons (Fsp3) is 0.381. The molecule has 0 radical (unpaired) electrons. The third-order valence-corrected chi connectivity index (χ3v) is 6.79. The minimum atomic E-state index is -4.67. The van der Waals surface area contributed by atoms with Gasteiger partial charge in [0.15, 0.2) is 0 Å². The Morgan fingerprint density at radius 3 is 2.35 bits per heavy atom. The standard InChI is InChI=1S/C21H23F3N2O4S/c1-16-5-7-18(8-6-16)26(10-9-20(27)25-11-13-30-14-12-25)31(28,29)19-4-2-3-17(15-19)21(22,23)24/h2-8,15H,9-14H2,1H3. The fourth-order valence-electron chi connectivity index (χ4n) is 3.23. The molecule has 3 rings (SSSR count). The van der Waals surface area contributed by atoms with Crippen LogP contribution in [0.15, 0.2) is 53.4 Å². The molecule has 1 fully saturated rings. The van der Waals surface area contributed by atoms with E-state index in [0.717, 1.165) is 28.1 Å². The number of amides is 1. The van der Waals surface area contributed by atoms with E-state index < -0.39 is 26.7 Å². The lowest BCUT2D eigenvalue weighted by Crippen LogP contribution is -2.42. The number of nitrogens with zero attached hydrogens (tertiary/aromatic N) is 2. The van der Waals surface area contributed by atoms with Gasteiger partial charge in [-0.05, 0) is 37.3 Å². The van der Waals surface area contributed by atoms with Crippen molar-refractivity contribution in [3.8, 4) is 0 Å². The van der Waals surface area contributed by atoms with Crippen LogP contribution in [0.3, 0.4) is 0 Å². The Balaban J connectivity index is 1.91. The molecular formula is C21H23F3N2O4S. The van der Waals surface area contributed by atoms with Gasteiger partial charge in [-0.1, -0.05) is 23.8 Å². The van der Waals surface area contributed by atoms with E-state index in [0.29, 0.717) is 32.4 Å². The summed E-state index contributed by atoms with van der Waals surface area (Å²) in [5, 5.41) is 0. The van der Waals surface area contributed by atoms with Crippen molar-refractivity contribution in [2.75, 3.05) is 37.2 Å². The molecule has 0 N–H and O–H groups in total. The molecule has 0 bridgehead atoms. The van der Waals surface area contributed by atoms with Crippen molar-refractivity contribution in [3.05, 3.63) is 59.7 Å². The zero-order valence-corrected chi connectivity index (χ0v) is 17.7. The van der Waals surface area contributed by atoms with E-state index in [1.165, 1.54) is 0 Å². The quantitative estimate of drug-likeness (QED) is 0.668. The first-order valence-electron chi connectivity index (χ1n) is 9.71. The van der Waals surface area contributed by atoms with Crippen molar-refractivity contribution >= 4 is 21.6 Å². The van der Waals surface area contributed by atoms with Crippen LogP contribution in [0.5, 0.6) is 0 Å². The molecule has 0 atom stereocenters. The molecule has 0 saturated carbocycles. The average Bonchev–Trinajstić information content (AvgIpc) is 2.75. The number of carbonyl (C=O) groups excluding carboxylic acids is 1. The second-order valence-electron chi connectivity index (χ2n) is 7.18. The number of alkyl halides is 3. The summed E-state index contributed by atoms with van der Waals surface area (Å²) in [5.74, 6) is -0.236. The maximum atomic E-state index is 13.3. The van der Waals surface area contributed by atoms with Crippen molar-refractivity contribution in [2.45, 2.75) is 24.4 Å². The number of carbonyl (C=O) groups is 1. The number of rotatable bonds is 6. The first-order chi connectivity index (χ1) is 14.6. The fourth-order valence-corrected chi connectivity index (χ4v) is 4.74. The number of anilines is 1. The Morgan fingerprint density at radius 2 is 1.74 bits per heavy atom. The molecule has 10 heteroatoms. The summed E-state index contributed by atoms with van der Waals surface area (Å²) in [7, 11) is -4.34. The molecule has 1 saturated heterocycles. The van der Waals surface area contributed by atoms with Crippen LogP contribution >= 0.6 is 0 Å². The summed E-state index contributed by atoms with van der Waals surface area (Å²) >= 11 is 0. The maximum Gasteiger partial charge on any atom is 0.416 e. The topological polar surface area (TPSA) is 66.9 Å². The van der Waals surface area contributed by atoms with Crippen LogP contribution in [-0.2, 0) is 25.7 Å². The van der Waals surface area contributed by atoms with Gasteiger partial charge in [0.1, 0.15) is 0 Å². The van der Waals surface area contributed by atoms with Gasteiger partial charge in [-0.25, -0.2) is 8.42 Å². The molecule has 1 aliphatic rings. The Morgan fingerprint density at radius 1 is 1.10 bits per heavy atom. The third kappa shape index (κ3) is 5.56. The zero-order chi connectivity index (χ0) is 22.6. The van der Waals surface area contributed by atoms with Gasteiger partial charge < -0.3 is 9.64 Å². The minimum absolute atomic E-state index is 0.105. The summed E-state index contributed by atoms with van der Waals surface area (Å²) in [6, 6.07) is 10.1. The number of halogens is 3. The van der Waals surface area contributed by atoms with Crippen LogP contribution in [0.2, 0.25) is 0 Å². The predicted molar refractivity (Wildman–Crippen MR) is 109 cm³/mol. The highest BCUT2D eigenvalue weighted by molar-refractivity contribution is 7.92. The van der Waals surface area contributed by atoms with Crippen LogP contribution in [0.25, 0.3) is 0 Å². The Labute approximate surface area is 179 Å². The largest absolute Gasteiger partial charge is 0.416 e. The Hall–Kier alpha value is -2.59. The van der Waals surface area contributed by atoms with Gasteiger partial charge in [0.05, 0.1) is 29.4 Å². The van der Waals surface area contributed by atoms with Crippen molar-refractivity contribution in [1.82, 2.24) is 4.90 Å². The van der Waals surface area contributed by atoms with Gasteiger partial charge in [0.2, 0.25) is 5.91 Å². The van der Waals surface area contributed by atoms with Crippen LogP contribution < -0.4 is 4.31 Å². The number of morpholine rings is 1. The molecule has 1 amide bonds. The first-order valence-corrected chi connectivity index (χ1v) is 11.2. The summed E-state index contributed by atoms with van der Waals surface area (Å²) in [5.41, 5.74) is 0.115. The van der Waals surface area contributed by atoms with E-state index >= 15 is 0 Å². The number of sulfonamides is 1. The normalized spacial score (nSPS) is 15.0. The molecule has 6 nitrogen and oxygen atoms in total. The second-order valence-corrected chi connectivity index (χ2v) is 9.04. The van der Waals surface area contributed by atoms with Gasteiger partial charge >= 0.3 is 6.18 Å². The van der Waals surface area contributed by atoms with E-state index in [-0.39, 0.29) is 24.6 Å². The average molecular weight is 456 g/mol. The number of hydrogen-bond acceptors (Lipinski definition) is 4. The molecule has 1 heterocycles. The van der Waals surface area contributed by atoms with E-state index in [2.05, 4.69) is 0 Å². The molecule has 2 aromatic rings. The smallest absolute Gasteiger partial charge is 0.378 e. The van der Waals surface area contributed by atoms with Crippen LogP contribution in [-0.4, -0.2) is 52.1 Å². The summed E-state index contributed by atoms with van der Waals surface area (Å²) in [6.07, 6.45) is -4.78. The number of hydrogen-bond donors (Lipinski definition) is 0. The zero-order valence-electron chi connectivity index (χ0n) is 16.9. The second kappa shape index (κ2) is 9.27. The highest BCUT2D eigenvalue weighted by atomic mass is 32.2. The highest BCUT2D eigenvalue weighted by Crippen LogP contribution is 2.32. The van der Waals surface area contributed by atoms with Crippen LogP contribution in [0.4, 0.5) is 18.9 Å². The summed E-state index contributed by atoms with van der Waals surface area (Å²) < 4.78 is 72.1. The van der Waals surface area contributed by atoms with E-state index in [4.69, 9.17) is 4.74 Å². The minimum Gasteiger partial charge on any atom is -0.378 e. The monoisotopic (exact) mass is 456 g/mol. The van der Waals surface area contributed by atoms with Crippen molar-refractivity contribution < 1.29 is 31.1 Å². The molecule has 1 aliphatic heterocycles. The van der Waals surface area contributed by atoms with Crippen LogP contribution in [0.1, 0.15) is 17.5 Å². The lowest BCUT2D eigenvalue weighted by Gasteiger charge is -2.29. The van der Waals surface area contributed by atoms with Gasteiger partial charge in [0.25, 0.3) is 10.0 Å². The van der Waals surface area contributed by atoms with E-state index in [9.17, 15) is 26.4 Å². The van der Waals surface area contributed by atoms with Gasteiger partial charge in [-0.2, -0.15) is 13.2 Å². The first kappa shape index (κ1) is 23.1.